The molecule has 16 heavy (non-hydrogen) atoms. The first-order valence-corrected chi connectivity index (χ1v) is 5.51. The van der Waals surface area contributed by atoms with Gasteiger partial charge in [-0.15, -0.1) is 0 Å². The molecule has 1 rings (SSSR count). The van der Waals surface area contributed by atoms with Crippen LogP contribution >= 0.6 is 0 Å². The van der Waals surface area contributed by atoms with Gasteiger partial charge in [0.25, 0.3) is 0 Å². The van der Waals surface area contributed by atoms with Gasteiger partial charge in [-0.3, -0.25) is 4.79 Å². The van der Waals surface area contributed by atoms with Crippen LogP contribution in [0.4, 0.5) is 5.69 Å². The Hall–Kier alpha value is -1.35. The molecule has 1 amide bonds. The zero-order chi connectivity index (χ0) is 12.3. The van der Waals surface area contributed by atoms with Crippen molar-refractivity contribution in [1.29, 1.82) is 0 Å². The first-order valence-electron chi connectivity index (χ1n) is 5.51. The van der Waals surface area contributed by atoms with E-state index in [-0.39, 0.29) is 5.91 Å². The van der Waals surface area contributed by atoms with Gasteiger partial charge in [0.2, 0.25) is 5.91 Å². The summed E-state index contributed by atoms with van der Waals surface area (Å²) in [7, 11) is 0. The Balaban J connectivity index is 2.94. The van der Waals surface area contributed by atoms with E-state index in [0.29, 0.717) is 5.92 Å². The van der Waals surface area contributed by atoms with Crippen molar-refractivity contribution in [1.82, 2.24) is 0 Å². The minimum Gasteiger partial charge on any atom is -0.324 e. The molecule has 0 saturated heterocycles. The Labute approximate surface area is 97.0 Å². The molecule has 0 aliphatic carbocycles. The van der Waals surface area contributed by atoms with Crippen LogP contribution < -0.4 is 11.1 Å². The van der Waals surface area contributed by atoms with Crippen LogP contribution in [0.1, 0.15) is 39.2 Å². The minimum atomic E-state index is -0.857. The average Bonchev–Trinajstić information content (AvgIpc) is 2.16. The lowest BCUT2D eigenvalue weighted by Crippen LogP contribution is -2.45. The van der Waals surface area contributed by atoms with Crippen LogP contribution in [0.15, 0.2) is 24.3 Å². The van der Waals surface area contributed by atoms with Crippen LogP contribution in [0.5, 0.6) is 0 Å². The van der Waals surface area contributed by atoms with E-state index in [1.54, 1.807) is 13.8 Å². The highest BCUT2D eigenvalue weighted by Crippen LogP contribution is 2.24. The number of carbonyl (C=O) groups excluding carboxylic acids is 1. The van der Waals surface area contributed by atoms with Gasteiger partial charge in [-0.05, 0) is 31.4 Å². The number of nitrogens with one attached hydrogen (secondary N) is 1. The van der Waals surface area contributed by atoms with Gasteiger partial charge >= 0.3 is 0 Å². The van der Waals surface area contributed by atoms with E-state index in [1.807, 2.05) is 24.3 Å². The highest BCUT2D eigenvalue weighted by molar-refractivity contribution is 5.97. The van der Waals surface area contributed by atoms with Crippen molar-refractivity contribution in [2.24, 2.45) is 5.73 Å². The fourth-order valence-electron chi connectivity index (χ4n) is 1.40. The van der Waals surface area contributed by atoms with E-state index in [0.717, 1.165) is 11.3 Å². The number of nitrogens with two attached hydrogens (primary N) is 1. The standard InChI is InChI=1S/C13H20N2O/c1-9(2)10-7-5-6-8-11(10)15-12(16)13(3,4)14/h5-9H,14H2,1-4H3,(H,15,16). The fourth-order valence-corrected chi connectivity index (χ4v) is 1.40. The number of para-hydroxylation sites is 1. The first-order chi connectivity index (χ1) is 7.32. The summed E-state index contributed by atoms with van der Waals surface area (Å²) >= 11 is 0. The molecule has 0 unspecified atom stereocenters. The second kappa shape index (κ2) is 4.66. The molecule has 0 radical (unpaired) electrons. The minimum absolute atomic E-state index is 0.166. The van der Waals surface area contributed by atoms with E-state index in [4.69, 9.17) is 5.73 Å². The maximum Gasteiger partial charge on any atom is 0.243 e. The molecule has 88 valence electrons. The van der Waals surface area contributed by atoms with Gasteiger partial charge in [0.05, 0.1) is 5.54 Å². The van der Waals surface area contributed by atoms with Crippen molar-refractivity contribution in [3.8, 4) is 0 Å². The molecule has 0 aromatic heterocycles. The second-order valence-electron chi connectivity index (χ2n) is 4.92. The molecule has 0 heterocycles. The zero-order valence-corrected chi connectivity index (χ0v) is 10.4. The third kappa shape index (κ3) is 3.07. The molecular formula is C13H20N2O. The van der Waals surface area contributed by atoms with Gasteiger partial charge in [0.15, 0.2) is 0 Å². The van der Waals surface area contributed by atoms with E-state index in [2.05, 4.69) is 19.2 Å². The van der Waals surface area contributed by atoms with E-state index >= 15 is 0 Å². The van der Waals surface area contributed by atoms with Crippen LogP contribution in [-0.2, 0) is 4.79 Å². The number of benzene rings is 1. The summed E-state index contributed by atoms with van der Waals surface area (Å²) in [5, 5.41) is 2.87. The molecule has 3 nitrogen and oxygen atoms in total. The monoisotopic (exact) mass is 220 g/mol. The number of hydrogen-bond donors (Lipinski definition) is 2. The van der Waals surface area contributed by atoms with Crippen molar-refractivity contribution in [3.05, 3.63) is 29.8 Å². The van der Waals surface area contributed by atoms with E-state index in [9.17, 15) is 4.79 Å². The molecular weight excluding hydrogens is 200 g/mol. The van der Waals surface area contributed by atoms with Crippen molar-refractivity contribution >= 4 is 11.6 Å². The van der Waals surface area contributed by atoms with Crippen molar-refractivity contribution in [2.75, 3.05) is 5.32 Å². The van der Waals surface area contributed by atoms with Crippen molar-refractivity contribution in [2.45, 2.75) is 39.2 Å². The number of carbonyl (C=O) groups is 1. The third-order valence-electron chi connectivity index (χ3n) is 2.42. The summed E-state index contributed by atoms with van der Waals surface area (Å²) in [4.78, 5) is 11.8. The van der Waals surface area contributed by atoms with Crippen molar-refractivity contribution < 1.29 is 4.79 Å². The van der Waals surface area contributed by atoms with Gasteiger partial charge in [-0.2, -0.15) is 0 Å². The van der Waals surface area contributed by atoms with Crippen LogP contribution in [0.25, 0.3) is 0 Å². The molecule has 0 aliphatic heterocycles. The predicted molar refractivity (Wildman–Crippen MR) is 67.4 cm³/mol. The number of hydrogen-bond acceptors (Lipinski definition) is 2. The molecule has 1 aromatic carbocycles. The molecule has 0 bridgehead atoms. The smallest absolute Gasteiger partial charge is 0.243 e. The average molecular weight is 220 g/mol. The Morgan fingerprint density at radius 3 is 2.38 bits per heavy atom. The summed E-state index contributed by atoms with van der Waals surface area (Å²) in [6.45, 7) is 7.58. The van der Waals surface area contributed by atoms with Crippen molar-refractivity contribution in [3.63, 3.8) is 0 Å². The highest BCUT2D eigenvalue weighted by atomic mass is 16.2. The summed E-state index contributed by atoms with van der Waals surface area (Å²) in [6, 6.07) is 7.80. The van der Waals surface area contributed by atoms with Crippen LogP contribution in [0.3, 0.4) is 0 Å². The normalized spacial score (nSPS) is 11.6. The molecule has 3 N–H and O–H groups in total. The highest BCUT2D eigenvalue weighted by Gasteiger charge is 2.22. The topological polar surface area (TPSA) is 55.1 Å². The molecule has 0 spiro atoms. The lowest BCUT2D eigenvalue weighted by atomic mass is 10.00. The van der Waals surface area contributed by atoms with Gasteiger partial charge < -0.3 is 11.1 Å². The summed E-state index contributed by atoms with van der Waals surface area (Å²) in [5.41, 5.74) is 6.86. The Kier molecular flexibility index (Phi) is 3.70. The summed E-state index contributed by atoms with van der Waals surface area (Å²) < 4.78 is 0. The quantitative estimate of drug-likeness (QED) is 0.822. The summed E-state index contributed by atoms with van der Waals surface area (Å²) in [5.74, 6) is 0.206. The molecule has 0 atom stereocenters. The second-order valence-corrected chi connectivity index (χ2v) is 4.92. The number of amides is 1. The maximum absolute atomic E-state index is 11.8. The summed E-state index contributed by atoms with van der Waals surface area (Å²) in [6.07, 6.45) is 0. The Morgan fingerprint density at radius 1 is 1.31 bits per heavy atom. The zero-order valence-electron chi connectivity index (χ0n) is 10.4. The van der Waals surface area contributed by atoms with Gasteiger partial charge in [-0.1, -0.05) is 32.0 Å². The molecule has 0 saturated carbocycles. The molecule has 0 fully saturated rings. The van der Waals surface area contributed by atoms with Gasteiger partial charge in [-0.25, -0.2) is 0 Å². The number of rotatable bonds is 3. The van der Waals surface area contributed by atoms with Crippen LogP contribution in [-0.4, -0.2) is 11.4 Å². The predicted octanol–water partition coefficient (Wildman–Crippen LogP) is 2.49. The molecule has 1 aromatic rings. The number of anilines is 1. The largest absolute Gasteiger partial charge is 0.324 e. The van der Waals surface area contributed by atoms with Crippen LogP contribution in [0.2, 0.25) is 0 Å². The molecule has 3 heteroatoms. The van der Waals surface area contributed by atoms with E-state index < -0.39 is 5.54 Å². The SMILES string of the molecule is CC(C)c1ccccc1NC(=O)C(C)(C)N. The fraction of sp³-hybridized carbons (Fsp3) is 0.462. The molecule has 0 aliphatic rings. The van der Waals surface area contributed by atoms with E-state index in [1.165, 1.54) is 0 Å². The maximum atomic E-state index is 11.8. The van der Waals surface area contributed by atoms with Gasteiger partial charge in [0.1, 0.15) is 0 Å². The Morgan fingerprint density at radius 2 is 1.88 bits per heavy atom. The van der Waals surface area contributed by atoms with Gasteiger partial charge in [0, 0.05) is 5.69 Å². The van der Waals surface area contributed by atoms with Crippen LogP contribution in [0, 0.1) is 0 Å². The first kappa shape index (κ1) is 12.7. The lowest BCUT2D eigenvalue weighted by molar-refractivity contribution is -0.120. The Bertz CT molecular complexity index is 378. The third-order valence-corrected chi connectivity index (χ3v) is 2.42. The lowest BCUT2D eigenvalue weighted by Gasteiger charge is -2.20.